The summed E-state index contributed by atoms with van der Waals surface area (Å²) in [5, 5.41) is 8.58. The van der Waals surface area contributed by atoms with Crippen LogP contribution in [-0.4, -0.2) is 15.6 Å². The quantitative estimate of drug-likeness (QED) is 0.780. The van der Waals surface area contributed by atoms with E-state index in [9.17, 15) is 18.4 Å². The number of carboxylic acid groups (broad SMARTS) is 1. The van der Waals surface area contributed by atoms with E-state index in [0.29, 0.717) is 4.57 Å². The van der Waals surface area contributed by atoms with E-state index < -0.39 is 29.2 Å². The summed E-state index contributed by atoms with van der Waals surface area (Å²) >= 11 is 0. The van der Waals surface area contributed by atoms with Gasteiger partial charge in [-0.1, -0.05) is 0 Å². The van der Waals surface area contributed by atoms with Gasteiger partial charge < -0.3 is 9.67 Å². The van der Waals surface area contributed by atoms with Crippen LogP contribution >= 0.6 is 0 Å². The molecule has 0 saturated heterocycles. The molecule has 0 amide bonds. The number of rotatable bonds is 2. The number of aromatic nitrogens is 1. The Hall–Kier alpha value is -1.72. The number of aromatic carboxylic acids is 1. The Morgan fingerprint density at radius 2 is 2.07 bits per heavy atom. The number of carbonyl (C=O) groups is 1. The largest absolute Gasteiger partial charge is 0.478 e. The summed E-state index contributed by atoms with van der Waals surface area (Å²) < 4.78 is 25.4. The van der Waals surface area contributed by atoms with E-state index in [1.54, 1.807) is 0 Å². The molecule has 0 spiro atoms. The molecule has 0 aliphatic carbocycles. The number of hydrogen-bond acceptors (Lipinski definition) is 2. The number of alkyl halides is 2. The molecule has 6 heteroatoms. The highest BCUT2D eigenvalue weighted by Gasteiger charge is 2.21. The number of hydrogen-bond donors (Lipinski definition) is 1. The van der Waals surface area contributed by atoms with Gasteiger partial charge in [0, 0.05) is 13.1 Å². The van der Waals surface area contributed by atoms with E-state index in [4.69, 9.17) is 5.11 Å². The zero-order valence-corrected chi connectivity index (χ0v) is 7.20. The minimum absolute atomic E-state index is 0.554. The molecule has 0 aromatic carbocycles. The Bertz CT molecular complexity index is 425. The average molecular weight is 203 g/mol. The fourth-order valence-corrected chi connectivity index (χ4v) is 1.10. The van der Waals surface area contributed by atoms with Crippen LogP contribution in [-0.2, 0) is 7.05 Å². The Kier molecular flexibility index (Phi) is 2.64. The lowest BCUT2D eigenvalue weighted by atomic mass is 10.2. The molecule has 1 heterocycles. The first-order chi connectivity index (χ1) is 6.45. The number of nitrogens with zero attached hydrogens (tertiary/aromatic N) is 1. The smallest absolute Gasteiger partial charge is 0.337 e. The van der Waals surface area contributed by atoms with Gasteiger partial charge in [0.2, 0.25) is 0 Å². The maximum atomic E-state index is 12.4. The van der Waals surface area contributed by atoms with Crippen LogP contribution in [0.1, 0.15) is 22.5 Å². The van der Waals surface area contributed by atoms with Gasteiger partial charge in [-0.2, -0.15) is 0 Å². The second-order valence-corrected chi connectivity index (χ2v) is 2.64. The van der Waals surface area contributed by atoms with Crippen LogP contribution in [0.5, 0.6) is 0 Å². The highest BCUT2D eigenvalue weighted by atomic mass is 19.3. The fourth-order valence-electron chi connectivity index (χ4n) is 1.10. The van der Waals surface area contributed by atoms with E-state index in [1.165, 1.54) is 0 Å². The lowest BCUT2D eigenvalue weighted by Crippen LogP contribution is -2.23. The van der Waals surface area contributed by atoms with Gasteiger partial charge in [-0.15, -0.1) is 0 Å². The van der Waals surface area contributed by atoms with Crippen LogP contribution in [0.25, 0.3) is 0 Å². The van der Waals surface area contributed by atoms with Crippen molar-refractivity contribution < 1.29 is 18.7 Å². The molecule has 1 aromatic rings. The van der Waals surface area contributed by atoms with Crippen LogP contribution in [0.3, 0.4) is 0 Å². The summed E-state index contributed by atoms with van der Waals surface area (Å²) in [6, 6.07) is 1.82. The summed E-state index contributed by atoms with van der Waals surface area (Å²) in [6.07, 6.45) is -2.99. The zero-order chi connectivity index (χ0) is 10.9. The van der Waals surface area contributed by atoms with Crippen LogP contribution in [0.4, 0.5) is 8.78 Å². The van der Waals surface area contributed by atoms with Gasteiger partial charge in [0.05, 0.1) is 5.56 Å². The molecule has 0 saturated carbocycles. The van der Waals surface area contributed by atoms with E-state index in [1.807, 2.05) is 0 Å². The molecule has 14 heavy (non-hydrogen) atoms. The van der Waals surface area contributed by atoms with Gasteiger partial charge in [-0.3, -0.25) is 4.79 Å². The van der Waals surface area contributed by atoms with Gasteiger partial charge in [0.1, 0.15) is 5.69 Å². The first-order valence-electron chi connectivity index (χ1n) is 3.66. The van der Waals surface area contributed by atoms with Gasteiger partial charge in [-0.25, -0.2) is 13.6 Å². The van der Waals surface area contributed by atoms with Crippen molar-refractivity contribution in [1.29, 1.82) is 0 Å². The highest BCUT2D eigenvalue weighted by Crippen LogP contribution is 2.20. The van der Waals surface area contributed by atoms with E-state index >= 15 is 0 Å². The average Bonchev–Trinajstić information content (AvgIpc) is 2.08. The third kappa shape index (κ3) is 1.63. The Morgan fingerprint density at radius 1 is 1.50 bits per heavy atom. The molecule has 0 aliphatic heterocycles. The van der Waals surface area contributed by atoms with Crippen LogP contribution in [0.2, 0.25) is 0 Å². The fraction of sp³-hybridized carbons (Fsp3) is 0.250. The van der Waals surface area contributed by atoms with Crippen LogP contribution in [0, 0.1) is 0 Å². The Labute approximate surface area is 77.4 Å². The summed E-state index contributed by atoms with van der Waals surface area (Å²) in [5.41, 5.74) is -1.99. The van der Waals surface area contributed by atoms with E-state index in [2.05, 4.69) is 0 Å². The first-order valence-corrected chi connectivity index (χ1v) is 3.66. The maximum Gasteiger partial charge on any atom is 0.337 e. The number of pyridine rings is 1. The van der Waals surface area contributed by atoms with Crippen LogP contribution < -0.4 is 5.56 Å². The minimum atomic E-state index is -2.99. The molecule has 1 N–H and O–H groups in total. The molecular weight excluding hydrogens is 196 g/mol. The first kappa shape index (κ1) is 10.4. The van der Waals surface area contributed by atoms with E-state index in [-0.39, 0.29) is 0 Å². The van der Waals surface area contributed by atoms with Gasteiger partial charge in [0.25, 0.3) is 12.0 Å². The Morgan fingerprint density at radius 3 is 2.50 bits per heavy atom. The lowest BCUT2D eigenvalue weighted by Gasteiger charge is -2.09. The summed E-state index contributed by atoms with van der Waals surface area (Å²) in [4.78, 5) is 21.5. The molecule has 76 valence electrons. The van der Waals surface area contributed by atoms with Gasteiger partial charge >= 0.3 is 5.97 Å². The number of carboxylic acids is 1. The summed E-state index contributed by atoms with van der Waals surface area (Å²) in [6.45, 7) is 0. The summed E-state index contributed by atoms with van der Waals surface area (Å²) in [5.74, 6) is -1.48. The second-order valence-electron chi connectivity index (χ2n) is 2.64. The molecular formula is C8H7F2NO3. The van der Waals surface area contributed by atoms with Crippen molar-refractivity contribution in [2.75, 3.05) is 0 Å². The predicted molar refractivity (Wildman–Crippen MR) is 43.6 cm³/mol. The van der Waals surface area contributed by atoms with Crippen molar-refractivity contribution in [2.45, 2.75) is 6.43 Å². The molecule has 0 fully saturated rings. The molecule has 4 nitrogen and oxygen atoms in total. The second kappa shape index (κ2) is 3.57. The van der Waals surface area contributed by atoms with Crippen LogP contribution in [0.15, 0.2) is 16.9 Å². The summed E-state index contributed by atoms with van der Waals surface area (Å²) in [7, 11) is 1.11. The highest BCUT2D eigenvalue weighted by molar-refractivity contribution is 5.88. The molecule has 1 rings (SSSR count). The van der Waals surface area contributed by atoms with Crippen molar-refractivity contribution >= 4 is 5.97 Å². The van der Waals surface area contributed by atoms with E-state index in [0.717, 1.165) is 19.2 Å². The van der Waals surface area contributed by atoms with Gasteiger partial charge in [0.15, 0.2) is 0 Å². The molecule has 0 unspecified atom stereocenters. The minimum Gasteiger partial charge on any atom is -0.478 e. The third-order valence-electron chi connectivity index (χ3n) is 1.80. The predicted octanol–water partition coefficient (Wildman–Crippen LogP) is 1.02. The van der Waals surface area contributed by atoms with Crippen molar-refractivity contribution in [1.82, 2.24) is 4.57 Å². The Balaban J connectivity index is 3.53. The number of halogens is 2. The van der Waals surface area contributed by atoms with Crippen molar-refractivity contribution in [3.63, 3.8) is 0 Å². The third-order valence-corrected chi connectivity index (χ3v) is 1.80. The topological polar surface area (TPSA) is 59.3 Å². The SMILES string of the molecule is Cn1c(C(F)F)c(C(=O)O)ccc1=O. The normalized spacial score (nSPS) is 10.6. The molecule has 0 radical (unpaired) electrons. The molecule has 0 aliphatic rings. The molecule has 1 aromatic heterocycles. The van der Waals surface area contributed by atoms with Crippen molar-refractivity contribution in [2.24, 2.45) is 7.05 Å². The standard InChI is InChI=1S/C8H7F2NO3/c1-11-5(12)3-2-4(8(13)14)6(11)7(9)10/h2-3,7H,1H3,(H,13,14). The maximum absolute atomic E-state index is 12.4. The zero-order valence-electron chi connectivity index (χ0n) is 7.20. The van der Waals surface area contributed by atoms with Crippen molar-refractivity contribution in [3.05, 3.63) is 33.7 Å². The lowest BCUT2D eigenvalue weighted by molar-refractivity contribution is 0.0679. The molecule has 0 bridgehead atoms. The van der Waals surface area contributed by atoms with Crippen molar-refractivity contribution in [3.8, 4) is 0 Å². The monoisotopic (exact) mass is 203 g/mol. The molecule has 0 atom stereocenters. The van der Waals surface area contributed by atoms with Gasteiger partial charge in [-0.05, 0) is 6.07 Å².